The van der Waals surface area contributed by atoms with Crippen molar-refractivity contribution in [2.75, 3.05) is 20.6 Å². The van der Waals surface area contributed by atoms with Crippen molar-refractivity contribution < 1.29 is 4.39 Å². The smallest absolute Gasteiger partial charge is 0.124 e. The second kappa shape index (κ2) is 4.92. The predicted molar refractivity (Wildman–Crippen MR) is 88.1 cm³/mol. The zero-order valence-electron chi connectivity index (χ0n) is 12.5. The first-order valence-electron chi connectivity index (χ1n) is 7.69. The number of likely N-dealkylation sites (N-methyl/N-ethyl adjacent to an activating group) is 1. The molecule has 4 rings (SSSR count). The number of hydrogen-bond donors (Lipinski definition) is 0. The molecule has 0 N–H and O–H groups in total. The van der Waals surface area contributed by atoms with Gasteiger partial charge in [0.2, 0.25) is 0 Å². The first-order valence-corrected chi connectivity index (χ1v) is 8.50. The fraction of sp³-hybridized carbons (Fsp3) is 0.444. The van der Waals surface area contributed by atoms with Gasteiger partial charge in [-0.1, -0.05) is 6.07 Å². The number of halogens is 1. The van der Waals surface area contributed by atoms with Gasteiger partial charge < -0.3 is 4.90 Å². The van der Waals surface area contributed by atoms with E-state index in [1.807, 2.05) is 6.07 Å². The van der Waals surface area contributed by atoms with E-state index < -0.39 is 0 Å². The maximum atomic E-state index is 13.4. The lowest BCUT2D eigenvalue weighted by Gasteiger charge is -2.22. The summed E-state index contributed by atoms with van der Waals surface area (Å²) >= 11 is 1.76. The second-order valence-corrected chi connectivity index (χ2v) is 7.76. The zero-order chi connectivity index (χ0) is 14.6. The Morgan fingerprint density at radius 2 is 2.00 bits per heavy atom. The Kier molecular flexibility index (Phi) is 3.16. The average Bonchev–Trinajstić information content (AvgIpc) is 3.10. The largest absolute Gasteiger partial charge is 0.305 e. The van der Waals surface area contributed by atoms with Crippen LogP contribution in [0, 0.1) is 17.7 Å². The van der Waals surface area contributed by atoms with Gasteiger partial charge in [-0.05, 0) is 79.9 Å². The van der Waals surface area contributed by atoms with Crippen LogP contribution in [0.5, 0.6) is 0 Å². The van der Waals surface area contributed by atoms with E-state index >= 15 is 0 Å². The van der Waals surface area contributed by atoms with Crippen LogP contribution in [0.3, 0.4) is 0 Å². The minimum absolute atomic E-state index is 0.133. The molecule has 2 aliphatic carbocycles. The Morgan fingerprint density at radius 3 is 2.81 bits per heavy atom. The Bertz CT molecular complexity index is 728. The van der Waals surface area contributed by atoms with Crippen molar-refractivity contribution in [3.63, 3.8) is 0 Å². The van der Waals surface area contributed by atoms with Gasteiger partial charge >= 0.3 is 0 Å². The molecule has 1 heterocycles. The number of nitrogens with zero attached hydrogens (tertiary/aromatic N) is 1. The van der Waals surface area contributed by atoms with Gasteiger partial charge in [0.25, 0.3) is 0 Å². The maximum Gasteiger partial charge on any atom is 0.124 e. The monoisotopic (exact) mass is 301 g/mol. The molecular formula is C18H20FNS. The van der Waals surface area contributed by atoms with Gasteiger partial charge in [0.1, 0.15) is 5.82 Å². The van der Waals surface area contributed by atoms with Crippen molar-refractivity contribution in [1.29, 1.82) is 0 Å². The van der Waals surface area contributed by atoms with Crippen LogP contribution >= 0.6 is 11.3 Å². The highest BCUT2D eigenvalue weighted by atomic mass is 32.1. The number of allylic oxidation sites excluding steroid dienone is 1. The van der Waals surface area contributed by atoms with Crippen LogP contribution in [-0.2, 0) is 0 Å². The number of fused-ring (bicyclic) bond motifs is 3. The van der Waals surface area contributed by atoms with Gasteiger partial charge in [-0.25, -0.2) is 4.39 Å². The topological polar surface area (TPSA) is 3.24 Å². The molecule has 2 atom stereocenters. The van der Waals surface area contributed by atoms with Crippen molar-refractivity contribution in [3.8, 4) is 0 Å². The summed E-state index contributed by atoms with van der Waals surface area (Å²) in [5.41, 5.74) is 3.23. The van der Waals surface area contributed by atoms with Crippen LogP contribution in [0.15, 0.2) is 29.8 Å². The summed E-state index contributed by atoms with van der Waals surface area (Å²) in [5, 5.41) is 1.18. The first-order chi connectivity index (χ1) is 10.1. The van der Waals surface area contributed by atoms with E-state index in [-0.39, 0.29) is 5.82 Å². The molecule has 1 nitrogen and oxygen atoms in total. The van der Waals surface area contributed by atoms with Crippen LogP contribution in [0.1, 0.15) is 24.1 Å². The fourth-order valence-electron chi connectivity index (χ4n) is 4.09. The summed E-state index contributed by atoms with van der Waals surface area (Å²) in [6.45, 7) is 1.07. The van der Waals surface area contributed by atoms with Crippen molar-refractivity contribution in [2.24, 2.45) is 11.8 Å². The molecule has 3 heteroatoms. The SMILES string of the molecule is CN(C)CC1=C(c2cc3ccc(F)cc3s2)C2CCC1C2. The standard InChI is InChI=1S/C18H20FNS/c1-20(2)10-15-11-3-4-13(7-11)18(15)17-8-12-5-6-14(19)9-16(12)21-17/h5-6,8-9,11,13H,3-4,7,10H2,1-2H3. The summed E-state index contributed by atoms with van der Waals surface area (Å²) < 4.78 is 14.5. The van der Waals surface area contributed by atoms with E-state index in [0.29, 0.717) is 0 Å². The maximum absolute atomic E-state index is 13.4. The minimum atomic E-state index is -0.133. The van der Waals surface area contributed by atoms with E-state index in [2.05, 4.69) is 25.1 Å². The lowest BCUT2D eigenvalue weighted by Crippen LogP contribution is -2.19. The second-order valence-electron chi connectivity index (χ2n) is 6.68. The molecule has 0 aliphatic heterocycles. The van der Waals surface area contributed by atoms with E-state index in [9.17, 15) is 4.39 Å². The molecule has 0 radical (unpaired) electrons. The molecule has 21 heavy (non-hydrogen) atoms. The third-order valence-corrected chi connectivity index (χ3v) is 6.04. The molecule has 2 aliphatic rings. The summed E-state index contributed by atoms with van der Waals surface area (Å²) in [4.78, 5) is 3.66. The normalized spacial score (nSPS) is 24.8. The van der Waals surface area contributed by atoms with Gasteiger partial charge in [0.05, 0.1) is 0 Å². The molecule has 1 aromatic heterocycles. The Hall–Kier alpha value is -1.19. The summed E-state index contributed by atoms with van der Waals surface area (Å²) in [6.07, 6.45) is 4.03. The highest BCUT2D eigenvalue weighted by Crippen LogP contribution is 2.54. The average molecular weight is 301 g/mol. The molecule has 2 unspecified atom stereocenters. The molecule has 1 aromatic carbocycles. The molecule has 2 bridgehead atoms. The Balaban J connectivity index is 1.83. The van der Waals surface area contributed by atoms with Crippen molar-refractivity contribution in [2.45, 2.75) is 19.3 Å². The molecule has 0 saturated heterocycles. The van der Waals surface area contributed by atoms with E-state index in [1.54, 1.807) is 34.6 Å². The lowest BCUT2D eigenvalue weighted by atomic mass is 9.90. The van der Waals surface area contributed by atoms with Crippen LogP contribution < -0.4 is 0 Å². The summed E-state index contributed by atoms with van der Waals surface area (Å²) in [7, 11) is 4.30. The van der Waals surface area contributed by atoms with E-state index in [0.717, 1.165) is 23.1 Å². The zero-order valence-corrected chi connectivity index (χ0v) is 13.3. The molecule has 0 amide bonds. The lowest BCUT2D eigenvalue weighted by molar-refractivity contribution is 0.423. The predicted octanol–water partition coefficient (Wildman–Crippen LogP) is 4.79. The summed E-state index contributed by atoms with van der Waals surface area (Å²) in [5.74, 6) is 1.39. The van der Waals surface area contributed by atoms with Gasteiger partial charge in [-0.15, -0.1) is 11.3 Å². The number of hydrogen-bond acceptors (Lipinski definition) is 2. The van der Waals surface area contributed by atoms with Crippen LogP contribution in [0.25, 0.3) is 15.7 Å². The molecule has 2 aromatic rings. The third kappa shape index (κ3) is 2.23. The van der Waals surface area contributed by atoms with Crippen molar-refractivity contribution >= 4 is 27.0 Å². The minimum Gasteiger partial charge on any atom is -0.305 e. The molecular weight excluding hydrogens is 281 g/mol. The van der Waals surface area contributed by atoms with Gasteiger partial charge in [0, 0.05) is 16.1 Å². The van der Waals surface area contributed by atoms with Crippen molar-refractivity contribution in [3.05, 3.63) is 40.5 Å². The van der Waals surface area contributed by atoms with Gasteiger partial charge in [0.15, 0.2) is 0 Å². The molecule has 110 valence electrons. The Labute approximate surface area is 129 Å². The number of rotatable bonds is 3. The highest BCUT2D eigenvalue weighted by molar-refractivity contribution is 7.20. The molecule has 1 saturated carbocycles. The van der Waals surface area contributed by atoms with Crippen molar-refractivity contribution in [1.82, 2.24) is 4.90 Å². The first kappa shape index (κ1) is 13.5. The molecule has 0 spiro atoms. The molecule has 1 fully saturated rings. The van der Waals surface area contributed by atoms with Gasteiger partial charge in [-0.3, -0.25) is 0 Å². The summed E-state index contributed by atoms with van der Waals surface area (Å²) in [6, 6.07) is 7.41. The van der Waals surface area contributed by atoms with Crippen LogP contribution in [0.2, 0.25) is 0 Å². The Morgan fingerprint density at radius 1 is 1.19 bits per heavy atom. The van der Waals surface area contributed by atoms with E-state index in [4.69, 9.17) is 0 Å². The fourth-order valence-corrected chi connectivity index (χ4v) is 5.34. The van der Waals surface area contributed by atoms with Crippen LogP contribution in [0.4, 0.5) is 4.39 Å². The van der Waals surface area contributed by atoms with Crippen LogP contribution in [-0.4, -0.2) is 25.5 Å². The third-order valence-electron chi connectivity index (χ3n) is 4.91. The van der Waals surface area contributed by atoms with Gasteiger partial charge in [-0.2, -0.15) is 0 Å². The number of thiophene rings is 1. The highest BCUT2D eigenvalue weighted by Gasteiger charge is 2.39. The quantitative estimate of drug-likeness (QED) is 0.788. The number of benzene rings is 1. The van der Waals surface area contributed by atoms with E-state index in [1.165, 1.54) is 29.5 Å².